The van der Waals surface area contributed by atoms with Crippen molar-refractivity contribution in [1.82, 2.24) is 4.90 Å². The van der Waals surface area contributed by atoms with Crippen molar-refractivity contribution in [2.24, 2.45) is 0 Å². The van der Waals surface area contributed by atoms with Crippen LogP contribution in [0.15, 0.2) is 36.4 Å². The molecule has 1 aliphatic rings. The predicted molar refractivity (Wildman–Crippen MR) is 127 cm³/mol. The highest BCUT2D eigenvalue weighted by atomic mass is 35.5. The van der Waals surface area contributed by atoms with Crippen LogP contribution in [0.5, 0.6) is 0 Å². The monoisotopic (exact) mass is 459 g/mol. The van der Waals surface area contributed by atoms with Crippen LogP contribution in [0.4, 0.5) is 11.4 Å². The maximum Gasteiger partial charge on any atom is 0.196 e. The summed E-state index contributed by atoms with van der Waals surface area (Å²) in [6.07, 6.45) is -1.37. The van der Waals surface area contributed by atoms with E-state index in [2.05, 4.69) is 10.2 Å². The molecule has 8 heteroatoms. The fourth-order valence-electron chi connectivity index (χ4n) is 3.96. The largest absolute Gasteiger partial charge is 0.392 e. The Morgan fingerprint density at radius 3 is 2.09 bits per heavy atom. The lowest BCUT2D eigenvalue weighted by Crippen LogP contribution is -2.36. The summed E-state index contributed by atoms with van der Waals surface area (Å²) in [5.74, 6) is -0.575. The third-order valence-corrected chi connectivity index (χ3v) is 5.95. The van der Waals surface area contributed by atoms with Crippen molar-refractivity contribution in [3.8, 4) is 0 Å². The van der Waals surface area contributed by atoms with E-state index in [9.17, 15) is 19.8 Å². The normalized spacial score (nSPS) is 14.7. The molecule has 0 fully saturated rings. The van der Waals surface area contributed by atoms with Gasteiger partial charge >= 0.3 is 0 Å². The highest BCUT2D eigenvalue weighted by molar-refractivity contribution is 6.34. The number of benzene rings is 2. The number of aliphatic hydroxyl groups excluding tert-OH is 2. The van der Waals surface area contributed by atoms with Crippen LogP contribution in [-0.4, -0.2) is 71.6 Å². The van der Waals surface area contributed by atoms with Crippen LogP contribution in [0.3, 0.4) is 0 Å². The van der Waals surface area contributed by atoms with E-state index in [0.717, 1.165) is 13.1 Å². The van der Waals surface area contributed by atoms with Gasteiger partial charge in [-0.2, -0.15) is 0 Å². The first-order valence-corrected chi connectivity index (χ1v) is 11.2. The minimum absolute atomic E-state index is 0.0898. The number of rotatable bonds is 10. The summed E-state index contributed by atoms with van der Waals surface area (Å²) in [5, 5.41) is 23.4. The molecule has 2 atom stereocenters. The summed E-state index contributed by atoms with van der Waals surface area (Å²) < 4.78 is 1.27. The Hall–Kier alpha value is -2.45. The number of carbonyl (C=O) groups excluding carboxylic acids is 2. The number of likely N-dealkylation sites (N-methyl/N-ethyl adjacent to an activating group) is 1. The van der Waals surface area contributed by atoms with E-state index in [-0.39, 0.29) is 35.8 Å². The molecule has 172 valence electrons. The topological polar surface area (TPSA) is 93.1 Å². The highest BCUT2D eigenvalue weighted by Gasteiger charge is 2.35. The number of nitrogens with zero attached hydrogens (tertiary/aromatic N) is 2. The second-order valence-electron chi connectivity index (χ2n) is 8.00. The molecule has 2 unspecified atom stereocenters. The Balaban J connectivity index is 2.00. The van der Waals surface area contributed by atoms with Crippen LogP contribution in [-0.2, 0) is 0 Å². The molecule has 2 aromatic rings. The second-order valence-corrected chi connectivity index (χ2v) is 8.41. The number of hydrogen-bond donors (Lipinski definition) is 3. The molecule has 1 aliphatic carbocycles. The average molecular weight is 460 g/mol. The highest BCUT2D eigenvalue weighted by Crippen LogP contribution is 2.38. The predicted octanol–water partition coefficient (Wildman–Crippen LogP) is 2.92. The molecule has 0 spiro atoms. The van der Waals surface area contributed by atoms with E-state index >= 15 is 0 Å². The van der Waals surface area contributed by atoms with Gasteiger partial charge in [-0.3, -0.25) is 14.0 Å². The Bertz CT molecular complexity index is 991. The number of fused-ring (bicyclic) bond motifs is 2. The molecule has 0 heterocycles. The molecule has 0 radical (unpaired) electrons. The molecule has 0 saturated heterocycles. The Labute approximate surface area is 193 Å². The molecule has 2 aromatic carbocycles. The summed E-state index contributed by atoms with van der Waals surface area (Å²) in [7, 11) is 0. The van der Waals surface area contributed by atoms with Crippen molar-refractivity contribution in [3.63, 3.8) is 0 Å². The third kappa shape index (κ3) is 4.96. The minimum atomic E-state index is -0.724. The summed E-state index contributed by atoms with van der Waals surface area (Å²) in [6.45, 7) is 8.14. The van der Waals surface area contributed by atoms with E-state index in [1.807, 2.05) is 13.8 Å². The van der Waals surface area contributed by atoms with Gasteiger partial charge in [0, 0.05) is 41.7 Å². The zero-order chi connectivity index (χ0) is 23.4. The number of ketones is 2. The molecular formula is C24H30ClN3O4. The molecule has 0 aromatic heterocycles. The summed E-state index contributed by atoms with van der Waals surface area (Å²) in [4.78, 5) is 28.9. The van der Waals surface area contributed by atoms with Crippen molar-refractivity contribution in [2.75, 3.05) is 42.5 Å². The molecular weight excluding hydrogens is 430 g/mol. The number of carbonyl (C=O) groups is 2. The van der Waals surface area contributed by atoms with E-state index in [1.165, 1.54) is 4.42 Å². The van der Waals surface area contributed by atoms with Gasteiger partial charge in [-0.05, 0) is 32.1 Å². The second kappa shape index (κ2) is 10.4. The standard InChI is InChI=1S/C24H30ClN3O4/c1-4-27(5-2)14-16(30)12-26-19-10-11-20(28(25)13-15(3)29)22-21(19)23(31)17-8-6-7-9-18(17)24(22)32/h6-11,15-16,26,29-30H,4-5,12-14H2,1-3H3. The van der Waals surface area contributed by atoms with Crippen molar-refractivity contribution >= 4 is 34.7 Å². The maximum absolute atomic E-state index is 13.4. The SMILES string of the molecule is CCN(CC)CC(O)CNc1ccc(N(Cl)CC(C)O)c2c1C(=O)c1ccccc1C2=O. The van der Waals surface area contributed by atoms with Crippen LogP contribution in [0.25, 0.3) is 0 Å². The number of aliphatic hydroxyl groups is 2. The fourth-order valence-corrected chi connectivity index (χ4v) is 4.30. The van der Waals surface area contributed by atoms with Crippen molar-refractivity contribution in [3.05, 3.63) is 58.7 Å². The van der Waals surface area contributed by atoms with Crippen molar-refractivity contribution in [2.45, 2.75) is 33.0 Å². The number of anilines is 2. The Morgan fingerprint density at radius 1 is 0.938 bits per heavy atom. The molecule has 0 bridgehead atoms. The number of nitrogens with one attached hydrogen (secondary N) is 1. The smallest absolute Gasteiger partial charge is 0.196 e. The lowest BCUT2D eigenvalue weighted by Gasteiger charge is -2.27. The molecule has 0 aliphatic heterocycles. The summed E-state index contributed by atoms with van der Waals surface area (Å²) in [5.41, 5.74) is 1.93. The van der Waals surface area contributed by atoms with Crippen LogP contribution >= 0.6 is 11.8 Å². The van der Waals surface area contributed by atoms with Crippen LogP contribution < -0.4 is 9.74 Å². The van der Waals surface area contributed by atoms with E-state index in [0.29, 0.717) is 29.0 Å². The lowest BCUT2D eigenvalue weighted by atomic mass is 9.82. The quantitative estimate of drug-likeness (QED) is 0.401. The number of hydrogen-bond acceptors (Lipinski definition) is 7. The van der Waals surface area contributed by atoms with Gasteiger partial charge in [-0.15, -0.1) is 0 Å². The Kier molecular flexibility index (Phi) is 7.90. The van der Waals surface area contributed by atoms with Crippen molar-refractivity contribution < 1.29 is 19.8 Å². The van der Waals surface area contributed by atoms with Gasteiger partial charge in [0.1, 0.15) is 0 Å². The maximum atomic E-state index is 13.4. The van der Waals surface area contributed by atoms with Gasteiger partial charge in [0.05, 0.1) is 35.6 Å². The van der Waals surface area contributed by atoms with E-state index in [4.69, 9.17) is 11.8 Å². The molecule has 3 N–H and O–H groups in total. The van der Waals surface area contributed by atoms with Gasteiger partial charge in [0.15, 0.2) is 11.6 Å². The zero-order valence-electron chi connectivity index (χ0n) is 18.6. The summed E-state index contributed by atoms with van der Waals surface area (Å²) in [6, 6.07) is 10.1. The third-order valence-electron chi connectivity index (χ3n) is 5.63. The van der Waals surface area contributed by atoms with Gasteiger partial charge in [0.25, 0.3) is 0 Å². The van der Waals surface area contributed by atoms with Gasteiger partial charge in [-0.1, -0.05) is 38.1 Å². The lowest BCUT2D eigenvalue weighted by molar-refractivity contribution is 0.0980. The van der Waals surface area contributed by atoms with Gasteiger partial charge in [-0.25, -0.2) is 0 Å². The van der Waals surface area contributed by atoms with Crippen LogP contribution in [0, 0.1) is 0 Å². The average Bonchev–Trinajstić information content (AvgIpc) is 2.78. The Morgan fingerprint density at radius 2 is 1.53 bits per heavy atom. The molecule has 32 heavy (non-hydrogen) atoms. The minimum Gasteiger partial charge on any atom is -0.392 e. The van der Waals surface area contributed by atoms with E-state index < -0.39 is 12.2 Å². The summed E-state index contributed by atoms with van der Waals surface area (Å²) >= 11 is 6.39. The first kappa shape index (κ1) is 24.2. The number of halogens is 1. The van der Waals surface area contributed by atoms with Crippen LogP contribution in [0.1, 0.15) is 52.6 Å². The molecule has 0 saturated carbocycles. The van der Waals surface area contributed by atoms with E-state index in [1.54, 1.807) is 43.3 Å². The van der Waals surface area contributed by atoms with Crippen LogP contribution in [0.2, 0.25) is 0 Å². The van der Waals surface area contributed by atoms with Gasteiger partial charge < -0.3 is 20.4 Å². The first-order valence-electron chi connectivity index (χ1n) is 10.9. The zero-order valence-corrected chi connectivity index (χ0v) is 19.4. The fraction of sp³-hybridized carbons (Fsp3) is 0.417. The van der Waals surface area contributed by atoms with Crippen molar-refractivity contribution in [1.29, 1.82) is 0 Å². The molecule has 0 amide bonds. The molecule has 7 nitrogen and oxygen atoms in total. The molecule has 3 rings (SSSR count). The first-order chi connectivity index (χ1) is 15.3. The van der Waals surface area contributed by atoms with Gasteiger partial charge in [0.2, 0.25) is 0 Å².